The van der Waals surface area contributed by atoms with E-state index in [0.29, 0.717) is 0 Å². The number of aliphatic carboxylic acids is 1. The standard InChI is InChI=1S/C14H25NO2/c1-2-15(10-12-6-7-12)11-14(13(16)17)8-4-3-5-9-14/h12H,2-11H2,1H3,(H,16,17). The number of rotatable bonds is 6. The molecule has 0 spiro atoms. The summed E-state index contributed by atoms with van der Waals surface area (Å²) in [7, 11) is 0. The van der Waals surface area contributed by atoms with Gasteiger partial charge in [-0.3, -0.25) is 4.79 Å². The lowest BCUT2D eigenvalue weighted by molar-refractivity contribution is -0.152. The van der Waals surface area contributed by atoms with Crippen LogP contribution in [0.5, 0.6) is 0 Å². The van der Waals surface area contributed by atoms with Crippen LogP contribution in [0.3, 0.4) is 0 Å². The Hall–Kier alpha value is -0.570. The van der Waals surface area contributed by atoms with Crippen LogP contribution in [-0.2, 0) is 4.79 Å². The van der Waals surface area contributed by atoms with Gasteiger partial charge in [-0.15, -0.1) is 0 Å². The fourth-order valence-corrected chi connectivity index (χ4v) is 3.07. The van der Waals surface area contributed by atoms with Crippen LogP contribution in [0.15, 0.2) is 0 Å². The molecular formula is C14H25NO2. The maximum atomic E-state index is 11.6. The van der Waals surface area contributed by atoms with Gasteiger partial charge in [0.2, 0.25) is 0 Å². The van der Waals surface area contributed by atoms with E-state index in [1.54, 1.807) is 0 Å². The minimum atomic E-state index is -0.563. The molecule has 1 N–H and O–H groups in total. The van der Waals surface area contributed by atoms with Crippen molar-refractivity contribution in [3.8, 4) is 0 Å². The van der Waals surface area contributed by atoms with E-state index in [0.717, 1.165) is 51.2 Å². The average molecular weight is 239 g/mol. The van der Waals surface area contributed by atoms with Crippen LogP contribution in [0, 0.1) is 11.3 Å². The Morgan fingerprint density at radius 3 is 2.41 bits per heavy atom. The number of nitrogens with zero attached hydrogens (tertiary/aromatic N) is 1. The van der Waals surface area contributed by atoms with Gasteiger partial charge in [-0.05, 0) is 38.1 Å². The smallest absolute Gasteiger partial charge is 0.310 e. The second-order valence-electron chi connectivity index (χ2n) is 5.92. The zero-order valence-corrected chi connectivity index (χ0v) is 11.0. The molecule has 0 bridgehead atoms. The lowest BCUT2D eigenvalue weighted by Gasteiger charge is -2.37. The fourth-order valence-electron chi connectivity index (χ4n) is 3.07. The van der Waals surface area contributed by atoms with Crippen LogP contribution in [0.4, 0.5) is 0 Å². The lowest BCUT2D eigenvalue weighted by Crippen LogP contribution is -2.45. The second-order valence-corrected chi connectivity index (χ2v) is 5.92. The molecule has 98 valence electrons. The molecule has 2 rings (SSSR count). The predicted molar refractivity (Wildman–Crippen MR) is 68.0 cm³/mol. The molecule has 0 radical (unpaired) electrons. The number of hydrogen-bond donors (Lipinski definition) is 1. The highest BCUT2D eigenvalue weighted by Gasteiger charge is 2.41. The first-order chi connectivity index (χ1) is 8.16. The van der Waals surface area contributed by atoms with Gasteiger partial charge in [-0.2, -0.15) is 0 Å². The molecule has 0 unspecified atom stereocenters. The van der Waals surface area contributed by atoms with Crippen LogP contribution in [0.1, 0.15) is 51.9 Å². The largest absolute Gasteiger partial charge is 0.481 e. The van der Waals surface area contributed by atoms with Crippen molar-refractivity contribution in [1.82, 2.24) is 4.90 Å². The van der Waals surface area contributed by atoms with Crippen molar-refractivity contribution in [2.75, 3.05) is 19.6 Å². The van der Waals surface area contributed by atoms with E-state index in [1.165, 1.54) is 19.3 Å². The van der Waals surface area contributed by atoms with E-state index < -0.39 is 11.4 Å². The minimum Gasteiger partial charge on any atom is -0.481 e. The Labute approximate surface area is 104 Å². The first-order valence-corrected chi connectivity index (χ1v) is 7.12. The highest BCUT2D eigenvalue weighted by molar-refractivity contribution is 5.75. The minimum absolute atomic E-state index is 0.441. The first kappa shape index (κ1) is 12.9. The van der Waals surface area contributed by atoms with Crippen LogP contribution < -0.4 is 0 Å². The fraction of sp³-hybridized carbons (Fsp3) is 0.929. The van der Waals surface area contributed by atoms with Gasteiger partial charge in [0.05, 0.1) is 5.41 Å². The van der Waals surface area contributed by atoms with Gasteiger partial charge in [0.25, 0.3) is 0 Å². The van der Waals surface area contributed by atoms with E-state index in [-0.39, 0.29) is 0 Å². The highest BCUT2D eigenvalue weighted by atomic mass is 16.4. The molecule has 3 nitrogen and oxygen atoms in total. The van der Waals surface area contributed by atoms with Gasteiger partial charge in [-0.25, -0.2) is 0 Å². The topological polar surface area (TPSA) is 40.5 Å². The van der Waals surface area contributed by atoms with Crippen molar-refractivity contribution in [1.29, 1.82) is 0 Å². The molecule has 2 aliphatic carbocycles. The summed E-state index contributed by atoms with van der Waals surface area (Å²) < 4.78 is 0. The van der Waals surface area contributed by atoms with Crippen molar-refractivity contribution in [3.05, 3.63) is 0 Å². The number of hydrogen-bond acceptors (Lipinski definition) is 2. The Kier molecular flexibility index (Phi) is 4.08. The molecule has 0 aromatic heterocycles. The van der Waals surface area contributed by atoms with Gasteiger partial charge < -0.3 is 10.0 Å². The van der Waals surface area contributed by atoms with Crippen molar-refractivity contribution < 1.29 is 9.90 Å². The highest BCUT2D eigenvalue weighted by Crippen LogP contribution is 2.38. The third-order valence-corrected chi connectivity index (χ3v) is 4.45. The van der Waals surface area contributed by atoms with Crippen LogP contribution >= 0.6 is 0 Å². The predicted octanol–water partition coefficient (Wildman–Crippen LogP) is 2.75. The molecule has 17 heavy (non-hydrogen) atoms. The van der Waals surface area contributed by atoms with Crippen molar-refractivity contribution in [3.63, 3.8) is 0 Å². The van der Waals surface area contributed by atoms with Crippen molar-refractivity contribution >= 4 is 5.97 Å². The molecule has 0 amide bonds. The molecule has 0 aliphatic heterocycles. The number of carboxylic acid groups (broad SMARTS) is 1. The molecule has 0 saturated heterocycles. The Balaban J connectivity index is 1.96. The molecule has 3 heteroatoms. The molecule has 0 atom stereocenters. The molecular weight excluding hydrogens is 214 g/mol. The SMILES string of the molecule is CCN(CC1CC1)CC1(C(=O)O)CCCCC1. The summed E-state index contributed by atoms with van der Waals surface area (Å²) in [5.74, 6) is 0.288. The third-order valence-electron chi connectivity index (χ3n) is 4.45. The maximum absolute atomic E-state index is 11.6. The summed E-state index contributed by atoms with van der Waals surface area (Å²) in [4.78, 5) is 14.0. The number of carboxylic acids is 1. The maximum Gasteiger partial charge on any atom is 0.310 e. The summed E-state index contributed by atoms with van der Waals surface area (Å²) in [6.07, 6.45) is 7.84. The van der Waals surface area contributed by atoms with Gasteiger partial charge in [0.15, 0.2) is 0 Å². The summed E-state index contributed by atoms with van der Waals surface area (Å²) in [6, 6.07) is 0. The summed E-state index contributed by atoms with van der Waals surface area (Å²) in [5, 5.41) is 9.56. The molecule has 0 heterocycles. The summed E-state index contributed by atoms with van der Waals surface area (Å²) in [6.45, 7) is 5.03. The van der Waals surface area contributed by atoms with E-state index in [2.05, 4.69) is 11.8 Å². The molecule has 0 aromatic rings. The Morgan fingerprint density at radius 2 is 1.94 bits per heavy atom. The van der Waals surface area contributed by atoms with Crippen LogP contribution in [0.25, 0.3) is 0 Å². The van der Waals surface area contributed by atoms with Crippen molar-refractivity contribution in [2.24, 2.45) is 11.3 Å². The Bertz CT molecular complexity index is 267. The Morgan fingerprint density at radius 1 is 1.29 bits per heavy atom. The monoisotopic (exact) mass is 239 g/mol. The van der Waals surface area contributed by atoms with Gasteiger partial charge in [-0.1, -0.05) is 26.2 Å². The quantitative estimate of drug-likeness (QED) is 0.775. The zero-order valence-electron chi connectivity index (χ0n) is 11.0. The third kappa shape index (κ3) is 3.21. The van der Waals surface area contributed by atoms with Crippen LogP contribution in [-0.4, -0.2) is 35.6 Å². The average Bonchev–Trinajstić information content (AvgIpc) is 3.13. The summed E-state index contributed by atoms with van der Waals surface area (Å²) in [5.41, 5.74) is -0.441. The summed E-state index contributed by atoms with van der Waals surface area (Å²) >= 11 is 0. The molecule has 2 aliphatic rings. The first-order valence-electron chi connectivity index (χ1n) is 7.12. The van der Waals surface area contributed by atoms with Gasteiger partial charge in [0.1, 0.15) is 0 Å². The van der Waals surface area contributed by atoms with Crippen molar-refractivity contribution in [2.45, 2.75) is 51.9 Å². The van der Waals surface area contributed by atoms with E-state index in [4.69, 9.17) is 0 Å². The molecule has 2 fully saturated rings. The second kappa shape index (κ2) is 5.38. The van der Waals surface area contributed by atoms with E-state index in [9.17, 15) is 9.90 Å². The van der Waals surface area contributed by atoms with E-state index >= 15 is 0 Å². The van der Waals surface area contributed by atoms with Crippen LogP contribution in [0.2, 0.25) is 0 Å². The number of carbonyl (C=O) groups is 1. The van der Waals surface area contributed by atoms with Gasteiger partial charge >= 0.3 is 5.97 Å². The van der Waals surface area contributed by atoms with E-state index in [1.807, 2.05) is 0 Å². The molecule has 0 aromatic carbocycles. The normalized spacial score (nSPS) is 23.9. The lowest BCUT2D eigenvalue weighted by atomic mass is 9.73. The molecule has 2 saturated carbocycles. The zero-order chi connectivity index (χ0) is 12.3. The van der Waals surface area contributed by atoms with Gasteiger partial charge in [0, 0.05) is 13.1 Å².